The average molecular weight is 1210 g/mol. The molecule has 0 saturated carbocycles. The van der Waals surface area contributed by atoms with Gasteiger partial charge in [0.15, 0.2) is 18.9 Å². The molecule has 0 aromatic heterocycles. The van der Waals surface area contributed by atoms with Gasteiger partial charge in [0, 0.05) is 6.42 Å². The van der Waals surface area contributed by atoms with Crippen molar-refractivity contribution in [2.45, 2.75) is 298 Å². The van der Waals surface area contributed by atoms with Crippen LogP contribution in [-0.4, -0.2) is 193 Å². The minimum Gasteiger partial charge on any atom is -0.394 e. The largest absolute Gasteiger partial charge is 0.394 e. The van der Waals surface area contributed by atoms with Crippen LogP contribution in [0.3, 0.4) is 0 Å². The molecule has 3 fully saturated rings. The maximum atomic E-state index is 13.4. The number of amides is 1. The molecule has 0 radical (unpaired) electrons. The third-order valence-corrected chi connectivity index (χ3v) is 15.7. The number of rotatable bonds is 47. The molecule has 17 unspecified atom stereocenters. The second-order valence-corrected chi connectivity index (χ2v) is 22.8. The second kappa shape index (κ2) is 47.9. The van der Waals surface area contributed by atoms with Crippen LogP contribution in [-0.2, 0) is 33.2 Å². The highest BCUT2D eigenvalue weighted by molar-refractivity contribution is 5.76. The number of hydrogen-bond acceptors (Lipinski definition) is 18. The Balaban J connectivity index is 1.44. The lowest BCUT2D eigenvalue weighted by Gasteiger charge is -2.48. The summed E-state index contributed by atoms with van der Waals surface area (Å²) >= 11 is 0. The first-order valence-corrected chi connectivity index (χ1v) is 32.3. The van der Waals surface area contributed by atoms with E-state index in [4.69, 9.17) is 28.4 Å². The van der Waals surface area contributed by atoms with E-state index in [2.05, 4.69) is 92.1 Å². The molecule has 3 heterocycles. The van der Waals surface area contributed by atoms with Gasteiger partial charge in [0.25, 0.3) is 0 Å². The van der Waals surface area contributed by atoms with Crippen molar-refractivity contribution in [1.29, 1.82) is 0 Å². The van der Waals surface area contributed by atoms with Crippen LogP contribution in [0, 0.1) is 0 Å². The van der Waals surface area contributed by atoms with Gasteiger partial charge in [0.1, 0.15) is 73.2 Å². The predicted molar refractivity (Wildman–Crippen MR) is 328 cm³/mol. The third kappa shape index (κ3) is 30.8. The Bertz CT molecular complexity index is 1880. The summed E-state index contributed by atoms with van der Waals surface area (Å²) in [5, 5.41) is 120. The van der Waals surface area contributed by atoms with Crippen molar-refractivity contribution in [3.05, 3.63) is 85.1 Å². The molecular weight excluding hydrogens is 1090 g/mol. The lowest BCUT2D eigenvalue weighted by Crippen LogP contribution is -2.66. The van der Waals surface area contributed by atoms with E-state index >= 15 is 0 Å². The molecule has 490 valence electrons. The van der Waals surface area contributed by atoms with E-state index in [0.717, 1.165) is 103 Å². The van der Waals surface area contributed by atoms with Crippen LogP contribution in [0.5, 0.6) is 0 Å². The number of allylic oxidation sites excluding steroid dienone is 13. The minimum absolute atomic E-state index is 0.228. The third-order valence-electron chi connectivity index (χ3n) is 15.7. The molecule has 1 amide bonds. The fourth-order valence-electron chi connectivity index (χ4n) is 10.4. The molecule has 3 aliphatic heterocycles. The van der Waals surface area contributed by atoms with Crippen molar-refractivity contribution in [2.75, 3.05) is 26.4 Å². The molecule has 17 atom stereocenters. The number of carbonyl (C=O) groups excluding carboxylic acids is 1. The summed E-state index contributed by atoms with van der Waals surface area (Å²) < 4.78 is 34.3. The molecule has 0 aromatic carbocycles. The maximum Gasteiger partial charge on any atom is 0.220 e. The Hall–Kier alpha value is -3.03. The van der Waals surface area contributed by atoms with Crippen LogP contribution >= 0.6 is 0 Å². The van der Waals surface area contributed by atoms with Crippen LogP contribution in [0.4, 0.5) is 0 Å². The number of ether oxygens (including phenoxy) is 6. The summed E-state index contributed by atoms with van der Waals surface area (Å²) in [6, 6.07) is -0.982. The molecule has 3 rings (SSSR count). The number of aliphatic hydroxyl groups excluding tert-OH is 11. The van der Waals surface area contributed by atoms with Crippen LogP contribution in [0.2, 0.25) is 0 Å². The van der Waals surface area contributed by atoms with Gasteiger partial charge in [-0.25, -0.2) is 0 Å². The van der Waals surface area contributed by atoms with Gasteiger partial charge in [0.05, 0.1) is 38.6 Å². The molecular formula is C66H113NO18. The van der Waals surface area contributed by atoms with Crippen molar-refractivity contribution >= 4 is 5.91 Å². The summed E-state index contributed by atoms with van der Waals surface area (Å²) in [6.45, 7) is 1.58. The second-order valence-electron chi connectivity index (χ2n) is 22.8. The summed E-state index contributed by atoms with van der Waals surface area (Å²) in [5.74, 6) is -0.289. The zero-order valence-electron chi connectivity index (χ0n) is 51.3. The first-order valence-electron chi connectivity index (χ1n) is 32.3. The molecule has 3 saturated heterocycles. The van der Waals surface area contributed by atoms with E-state index < -0.39 is 124 Å². The molecule has 19 heteroatoms. The van der Waals surface area contributed by atoms with Gasteiger partial charge in [-0.3, -0.25) is 4.79 Å². The fourth-order valence-corrected chi connectivity index (χ4v) is 10.4. The number of aliphatic hydroxyl groups is 11. The van der Waals surface area contributed by atoms with Gasteiger partial charge in [-0.15, -0.1) is 0 Å². The van der Waals surface area contributed by atoms with E-state index in [1.54, 1.807) is 6.08 Å². The highest BCUT2D eigenvalue weighted by atomic mass is 16.8. The van der Waals surface area contributed by atoms with Crippen molar-refractivity contribution in [3.63, 3.8) is 0 Å². The highest BCUT2D eigenvalue weighted by Crippen LogP contribution is 2.33. The van der Waals surface area contributed by atoms with Crippen LogP contribution in [0.25, 0.3) is 0 Å². The van der Waals surface area contributed by atoms with Crippen molar-refractivity contribution < 1.29 is 89.4 Å². The quantitative estimate of drug-likeness (QED) is 0.0213. The van der Waals surface area contributed by atoms with E-state index in [-0.39, 0.29) is 18.9 Å². The normalized spacial score (nSPS) is 29.5. The monoisotopic (exact) mass is 1210 g/mol. The van der Waals surface area contributed by atoms with Gasteiger partial charge in [-0.2, -0.15) is 0 Å². The average Bonchev–Trinajstić information content (AvgIpc) is 2.72. The maximum absolute atomic E-state index is 13.4. The summed E-state index contributed by atoms with van der Waals surface area (Å²) in [4.78, 5) is 13.4. The smallest absolute Gasteiger partial charge is 0.220 e. The van der Waals surface area contributed by atoms with E-state index in [1.807, 2.05) is 6.08 Å². The molecule has 12 N–H and O–H groups in total. The number of nitrogens with one attached hydrogen (secondary N) is 1. The lowest BCUT2D eigenvalue weighted by molar-refractivity contribution is -0.379. The standard InChI is InChI=1S/C66H113NO18/c1-3-5-7-9-11-13-15-17-18-19-20-21-22-23-24-25-26-27-28-29-30-32-34-36-38-40-42-44-54(72)67-49(50(71)43-41-39-37-35-33-31-16-14-12-10-8-6-4-2)48-80-64-60(78)57(75)62(52(46-69)82-64)85-66-61(79)58(76)63(53(47-70)83-66)84-65-59(77)56(74)55(73)51(45-68)81-65/h5,7,11,13,17-18,20-21,23-24,26-27,41,43,49-53,55-66,68-71,73-79H,3-4,6,8-10,12,14-16,19,22,25,28-40,42,44-48H2,1-2H3,(H,67,72)/b7-5-,13-11-,18-17-,21-20-,24-23-,27-26-,43-41+. The molecule has 0 aromatic rings. The highest BCUT2D eigenvalue weighted by Gasteiger charge is 2.53. The van der Waals surface area contributed by atoms with Crippen molar-refractivity contribution in [3.8, 4) is 0 Å². The Morgan fingerprint density at radius 3 is 1.27 bits per heavy atom. The van der Waals surface area contributed by atoms with Gasteiger partial charge in [0.2, 0.25) is 5.91 Å². The summed E-state index contributed by atoms with van der Waals surface area (Å²) in [7, 11) is 0. The van der Waals surface area contributed by atoms with Gasteiger partial charge >= 0.3 is 0 Å². The Morgan fingerprint density at radius 1 is 0.435 bits per heavy atom. The topological polar surface area (TPSA) is 307 Å². The van der Waals surface area contributed by atoms with E-state index in [0.29, 0.717) is 6.42 Å². The van der Waals surface area contributed by atoms with Gasteiger partial charge in [-0.05, 0) is 70.6 Å². The summed E-state index contributed by atoms with van der Waals surface area (Å²) in [5.41, 5.74) is 0. The van der Waals surface area contributed by atoms with E-state index in [9.17, 15) is 61.0 Å². The number of hydrogen-bond donors (Lipinski definition) is 12. The van der Waals surface area contributed by atoms with Gasteiger partial charge in [-0.1, -0.05) is 202 Å². The fraction of sp³-hybridized carbons (Fsp3) is 0.773. The SMILES string of the molecule is CC/C=C\C/C=C\C/C=C\C/C=C\C/C=C\C/C=C\CCCCCCCCCCC(=O)NC(COC1OC(CO)C(OC2OC(CO)C(OC3OC(CO)C(O)C(O)C3O)C(O)C2O)C(O)C1O)C(O)/C=C/CCCCCCCCCCCCC. The lowest BCUT2D eigenvalue weighted by atomic mass is 9.96. The van der Waals surface area contributed by atoms with Crippen LogP contribution in [0.15, 0.2) is 85.1 Å². The molecule has 3 aliphatic rings. The first-order chi connectivity index (χ1) is 41.3. The Morgan fingerprint density at radius 2 is 0.812 bits per heavy atom. The van der Waals surface area contributed by atoms with E-state index in [1.165, 1.54) is 64.2 Å². The first kappa shape index (κ1) is 76.2. The number of carbonyl (C=O) groups is 1. The molecule has 19 nitrogen and oxygen atoms in total. The van der Waals surface area contributed by atoms with Crippen LogP contribution < -0.4 is 5.32 Å². The zero-order chi connectivity index (χ0) is 61.9. The Kier molecular flexibility index (Phi) is 43.0. The number of unbranched alkanes of at least 4 members (excludes halogenated alkanes) is 19. The Labute approximate surface area is 508 Å². The van der Waals surface area contributed by atoms with Crippen molar-refractivity contribution in [1.82, 2.24) is 5.32 Å². The predicted octanol–water partition coefficient (Wildman–Crippen LogP) is 7.15. The summed E-state index contributed by atoms with van der Waals surface area (Å²) in [6.07, 6.45) is 32.7. The molecule has 0 bridgehead atoms. The van der Waals surface area contributed by atoms with Gasteiger partial charge < -0.3 is 89.9 Å². The van der Waals surface area contributed by atoms with Crippen LogP contribution in [0.1, 0.15) is 194 Å². The molecule has 85 heavy (non-hydrogen) atoms. The minimum atomic E-state index is -1.98. The zero-order valence-corrected chi connectivity index (χ0v) is 51.3. The molecule has 0 spiro atoms. The van der Waals surface area contributed by atoms with Crippen molar-refractivity contribution in [2.24, 2.45) is 0 Å². The molecule has 0 aliphatic carbocycles.